The Labute approximate surface area is 175 Å². The number of rotatable bonds is 5. The maximum atomic E-state index is 12.3. The van der Waals surface area contributed by atoms with Crippen LogP contribution in [0.25, 0.3) is 0 Å². The first-order valence-electron chi connectivity index (χ1n) is 10.3. The van der Waals surface area contributed by atoms with Gasteiger partial charge in [0.2, 0.25) is 0 Å². The Morgan fingerprint density at radius 3 is 2.57 bits per heavy atom. The number of benzene rings is 2. The highest BCUT2D eigenvalue weighted by Gasteiger charge is 2.44. The molecule has 0 radical (unpaired) electrons. The van der Waals surface area contributed by atoms with E-state index in [2.05, 4.69) is 15.7 Å². The highest BCUT2D eigenvalue weighted by Crippen LogP contribution is 2.47. The van der Waals surface area contributed by atoms with E-state index in [0.29, 0.717) is 18.0 Å². The van der Waals surface area contributed by atoms with Gasteiger partial charge < -0.3 is 20.1 Å². The van der Waals surface area contributed by atoms with E-state index in [0.717, 1.165) is 49.1 Å². The first-order valence-corrected chi connectivity index (χ1v) is 10.3. The van der Waals surface area contributed by atoms with Crippen molar-refractivity contribution in [1.82, 2.24) is 15.1 Å². The second-order valence-electron chi connectivity index (χ2n) is 7.81. The molecule has 7 nitrogen and oxygen atoms in total. The predicted octanol–water partition coefficient (Wildman–Crippen LogP) is 4.29. The van der Waals surface area contributed by atoms with Gasteiger partial charge >= 0.3 is 6.03 Å². The van der Waals surface area contributed by atoms with Crippen LogP contribution in [0.5, 0.6) is 11.5 Å². The molecule has 0 atom stereocenters. The summed E-state index contributed by atoms with van der Waals surface area (Å²) in [4.78, 5) is 12.3. The summed E-state index contributed by atoms with van der Waals surface area (Å²) in [5, 5.41) is 9.96. The molecule has 30 heavy (non-hydrogen) atoms. The lowest BCUT2D eigenvalue weighted by Crippen LogP contribution is -2.34. The number of hydrogen-bond acceptors (Lipinski definition) is 4. The van der Waals surface area contributed by atoms with Gasteiger partial charge in [0, 0.05) is 43.5 Å². The van der Waals surface area contributed by atoms with Crippen molar-refractivity contribution in [2.75, 3.05) is 5.32 Å². The second-order valence-corrected chi connectivity index (χ2v) is 7.81. The third-order valence-electron chi connectivity index (χ3n) is 5.54. The molecule has 0 bridgehead atoms. The molecule has 1 spiro atoms. The minimum Gasteiger partial charge on any atom is -0.448 e. The van der Waals surface area contributed by atoms with Crippen LogP contribution in [-0.2, 0) is 13.1 Å². The normalized spacial score (nSPS) is 16.0. The lowest BCUT2D eigenvalue weighted by molar-refractivity contribution is -0.0716. The molecule has 2 aliphatic rings. The van der Waals surface area contributed by atoms with Crippen molar-refractivity contribution in [2.45, 2.75) is 44.6 Å². The smallest absolute Gasteiger partial charge is 0.319 e. The quantitative estimate of drug-likeness (QED) is 0.665. The fourth-order valence-electron chi connectivity index (χ4n) is 3.99. The standard InChI is InChI=1S/C23H24N4O3/c28-22(24-15-17-4-6-18(7-5-17)16-27-13-3-12-25-27)26-19-8-9-20-21(14-19)30-23(29-20)10-1-2-11-23/h3-9,12-14H,1-2,10-11,15-16H2,(H2,24,26,28). The molecular weight excluding hydrogens is 380 g/mol. The Balaban J connectivity index is 1.14. The van der Waals surface area contributed by atoms with Crippen LogP contribution in [-0.4, -0.2) is 21.6 Å². The molecule has 2 aromatic carbocycles. The van der Waals surface area contributed by atoms with Crippen LogP contribution in [0.1, 0.15) is 36.8 Å². The van der Waals surface area contributed by atoms with Gasteiger partial charge in [0.25, 0.3) is 5.79 Å². The van der Waals surface area contributed by atoms with E-state index in [4.69, 9.17) is 9.47 Å². The summed E-state index contributed by atoms with van der Waals surface area (Å²) < 4.78 is 13.9. The van der Waals surface area contributed by atoms with E-state index in [1.165, 1.54) is 0 Å². The molecule has 3 aromatic rings. The Morgan fingerprint density at radius 2 is 1.80 bits per heavy atom. The molecular formula is C23H24N4O3. The minimum atomic E-state index is -0.493. The molecule has 2 amide bonds. The lowest BCUT2D eigenvalue weighted by Gasteiger charge is -2.21. The van der Waals surface area contributed by atoms with Crippen LogP contribution >= 0.6 is 0 Å². The van der Waals surface area contributed by atoms with E-state index in [-0.39, 0.29) is 6.03 Å². The van der Waals surface area contributed by atoms with Gasteiger partial charge in [-0.1, -0.05) is 24.3 Å². The van der Waals surface area contributed by atoms with Gasteiger partial charge in [0.15, 0.2) is 11.5 Å². The van der Waals surface area contributed by atoms with Crippen molar-refractivity contribution in [2.24, 2.45) is 0 Å². The van der Waals surface area contributed by atoms with Crippen molar-refractivity contribution in [3.63, 3.8) is 0 Å². The molecule has 1 aromatic heterocycles. The number of nitrogens with zero attached hydrogens (tertiary/aromatic N) is 2. The van der Waals surface area contributed by atoms with Crippen LogP contribution < -0.4 is 20.1 Å². The fourth-order valence-corrected chi connectivity index (χ4v) is 3.99. The average molecular weight is 404 g/mol. The van der Waals surface area contributed by atoms with Gasteiger partial charge in [-0.3, -0.25) is 4.68 Å². The Kier molecular flexibility index (Phi) is 4.78. The van der Waals surface area contributed by atoms with Crippen LogP contribution in [0.3, 0.4) is 0 Å². The number of carbonyl (C=O) groups excluding carboxylic acids is 1. The van der Waals surface area contributed by atoms with Crippen molar-refractivity contribution < 1.29 is 14.3 Å². The summed E-state index contributed by atoms with van der Waals surface area (Å²) in [5.74, 6) is 0.952. The van der Waals surface area contributed by atoms with Gasteiger partial charge in [-0.25, -0.2) is 4.79 Å². The number of amides is 2. The largest absolute Gasteiger partial charge is 0.448 e. The zero-order chi connectivity index (χ0) is 20.4. The molecule has 2 N–H and O–H groups in total. The molecule has 2 heterocycles. The van der Waals surface area contributed by atoms with Gasteiger partial charge in [0.05, 0.1) is 6.54 Å². The van der Waals surface area contributed by atoms with Gasteiger partial charge in [-0.2, -0.15) is 5.10 Å². The number of hydrogen-bond donors (Lipinski definition) is 2. The first-order chi connectivity index (χ1) is 14.7. The summed E-state index contributed by atoms with van der Waals surface area (Å²) in [5.41, 5.74) is 2.87. The second kappa shape index (κ2) is 7.74. The Morgan fingerprint density at radius 1 is 1.03 bits per heavy atom. The minimum absolute atomic E-state index is 0.259. The third kappa shape index (κ3) is 3.96. The molecule has 0 saturated heterocycles. The van der Waals surface area contributed by atoms with E-state index >= 15 is 0 Å². The van der Waals surface area contributed by atoms with Crippen molar-refractivity contribution >= 4 is 11.7 Å². The van der Waals surface area contributed by atoms with Crippen molar-refractivity contribution in [3.8, 4) is 11.5 Å². The molecule has 0 unspecified atom stereocenters. The SMILES string of the molecule is O=C(NCc1ccc(Cn2cccn2)cc1)Nc1ccc2c(c1)OC1(CCCC1)O2. The van der Waals surface area contributed by atoms with Crippen LogP contribution in [0, 0.1) is 0 Å². The number of fused-ring (bicyclic) bond motifs is 1. The molecule has 1 saturated carbocycles. The van der Waals surface area contributed by atoms with Crippen molar-refractivity contribution in [3.05, 3.63) is 72.1 Å². The van der Waals surface area contributed by atoms with E-state index in [9.17, 15) is 4.79 Å². The highest BCUT2D eigenvalue weighted by molar-refractivity contribution is 5.89. The van der Waals surface area contributed by atoms with Crippen molar-refractivity contribution in [1.29, 1.82) is 0 Å². The number of nitrogens with one attached hydrogen (secondary N) is 2. The van der Waals surface area contributed by atoms with Gasteiger partial charge in [-0.05, 0) is 42.2 Å². The Hall–Kier alpha value is -3.48. The summed E-state index contributed by atoms with van der Waals surface area (Å²) >= 11 is 0. The molecule has 1 aliphatic heterocycles. The summed E-state index contributed by atoms with van der Waals surface area (Å²) in [7, 11) is 0. The number of carbonyl (C=O) groups is 1. The zero-order valence-electron chi connectivity index (χ0n) is 16.6. The van der Waals surface area contributed by atoms with E-state index in [1.807, 2.05) is 59.4 Å². The summed E-state index contributed by atoms with van der Waals surface area (Å²) in [6.45, 7) is 1.17. The Bertz CT molecular complexity index is 1030. The topological polar surface area (TPSA) is 77.4 Å². The maximum absolute atomic E-state index is 12.3. The molecule has 1 aliphatic carbocycles. The number of urea groups is 1. The third-order valence-corrected chi connectivity index (χ3v) is 5.54. The molecule has 7 heteroatoms. The van der Waals surface area contributed by atoms with Crippen LogP contribution in [0.4, 0.5) is 10.5 Å². The number of aromatic nitrogens is 2. The van der Waals surface area contributed by atoms with E-state index in [1.54, 1.807) is 6.20 Å². The molecule has 154 valence electrons. The first kappa shape index (κ1) is 18.5. The maximum Gasteiger partial charge on any atom is 0.319 e. The molecule has 5 rings (SSSR count). The van der Waals surface area contributed by atoms with Crippen LogP contribution in [0.15, 0.2) is 60.9 Å². The predicted molar refractivity (Wildman–Crippen MR) is 113 cm³/mol. The average Bonchev–Trinajstić information content (AvgIpc) is 3.49. The van der Waals surface area contributed by atoms with E-state index < -0.39 is 5.79 Å². The van der Waals surface area contributed by atoms with Crippen LogP contribution in [0.2, 0.25) is 0 Å². The summed E-state index contributed by atoms with van der Waals surface area (Å²) in [6.07, 6.45) is 7.75. The lowest BCUT2D eigenvalue weighted by atomic mass is 10.1. The fraction of sp³-hybridized carbons (Fsp3) is 0.304. The number of anilines is 1. The zero-order valence-corrected chi connectivity index (χ0v) is 16.6. The highest BCUT2D eigenvalue weighted by atomic mass is 16.7. The monoisotopic (exact) mass is 404 g/mol. The summed E-state index contributed by atoms with van der Waals surface area (Å²) in [6, 6.07) is 15.3. The van der Waals surface area contributed by atoms with Gasteiger partial charge in [0.1, 0.15) is 0 Å². The van der Waals surface area contributed by atoms with Gasteiger partial charge in [-0.15, -0.1) is 0 Å². The number of ether oxygens (including phenoxy) is 2. The molecule has 1 fully saturated rings.